The normalized spacial score (nSPS) is 13.8. The zero-order chi connectivity index (χ0) is 9.72. The van der Waals surface area contributed by atoms with E-state index in [0.29, 0.717) is 0 Å². The number of hydrogen-bond acceptors (Lipinski definition) is 2. The molecule has 1 unspecified atom stereocenters. The Morgan fingerprint density at radius 3 is 2.25 bits per heavy atom. The van der Waals surface area contributed by atoms with Gasteiger partial charge in [0.25, 0.3) is 0 Å². The maximum absolute atomic E-state index is 10.6. The summed E-state index contributed by atoms with van der Waals surface area (Å²) >= 11 is 0. The summed E-state index contributed by atoms with van der Waals surface area (Å²) in [7, 11) is 3.62. The highest BCUT2D eigenvalue weighted by Gasteiger charge is 2.19. The fourth-order valence-corrected chi connectivity index (χ4v) is 0.726. The van der Waals surface area contributed by atoms with Crippen molar-refractivity contribution >= 4 is 12.3 Å². The van der Waals surface area contributed by atoms with Crippen LogP contribution < -0.4 is 0 Å². The minimum atomic E-state index is -0.872. The summed E-state index contributed by atoms with van der Waals surface area (Å²) in [6, 6.07) is -0.632. The van der Waals surface area contributed by atoms with Gasteiger partial charge in [0.15, 0.2) is 6.04 Å². The quantitative estimate of drug-likeness (QED) is 0.501. The molecule has 0 aromatic heterocycles. The number of rotatable bonds is 4. The summed E-state index contributed by atoms with van der Waals surface area (Å²) in [6.45, 7) is 3.68. The number of carboxylic acid groups (broad SMARTS) is 1. The fraction of sp³-hybridized carbons (Fsp3) is 0.750. The van der Waals surface area contributed by atoms with E-state index in [1.165, 1.54) is 6.34 Å². The average molecular weight is 172 g/mol. The molecule has 0 spiro atoms. The molecule has 0 amide bonds. The third-order valence-electron chi connectivity index (χ3n) is 1.34. The number of hydrogen-bond donors (Lipinski definition) is 1. The highest BCUT2D eigenvalue weighted by Crippen LogP contribution is 2.05. The number of aliphatic carboxylic acids is 1. The van der Waals surface area contributed by atoms with Crippen LogP contribution in [0.25, 0.3) is 0 Å². The first-order valence-electron chi connectivity index (χ1n) is 3.87. The Morgan fingerprint density at radius 2 is 2.00 bits per heavy atom. The Morgan fingerprint density at radius 1 is 1.50 bits per heavy atom. The third-order valence-corrected chi connectivity index (χ3v) is 1.34. The third kappa shape index (κ3) is 3.95. The van der Waals surface area contributed by atoms with Crippen molar-refractivity contribution in [3.8, 4) is 0 Å². The van der Waals surface area contributed by atoms with Crippen LogP contribution in [-0.2, 0) is 4.79 Å². The van der Waals surface area contributed by atoms with Gasteiger partial charge in [0, 0.05) is 14.1 Å². The van der Waals surface area contributed by atoms with Crippen molar-refractivity contribution in [2.24, 2.45) is 10.9 Å². The van der Waals surface area contributed by atoms with Gasteiger partial charge in [0.2, 0.25) is 0 Å². The second kappa shape index (κ2) is 4.74. The van der Waals surface area contributed by atoms with E-state index < -0.39 is 12.0 Å². The zero-order valence-electron chi connectivity index (χ0n) is 7.98. The number of nitrogens with zero attached hydrogens (tertiary/aromatic N) is 2. The van der Waals surface area contributed by atoms with E-state index in [1.807, 2.05) is 27.9 Å². The predicted octanol–water partition coefficient (Wildman–Crippen LogP) is 0.685. The van der Waals surface area contributed by atoms with Gasteiger partial charge >= 0.3 is 5.97 Å². The van der Waals surface area contributed by atoms with E-state index in [0.717, 1.165) is 0 Å². The minimum Gasteiger partial charge on any atom is -0.480 e. The number of carbonyl (C=O) groups is 1. The molecule has 12 heavy (non-hydrogen) atoms. The van der Waals surface area contributed by atoms with Crippen molar-refractivity contribution in [3.63, 3.8) is 0 Å². The lowest BCUT2D eigenvalue weighted by atomic mass is 10.1. The van der Waals surface area contributed by atoms with Gasteiger partial charge < -0.3 is 10.0 Å². The topological polar surface area (TPSA) is 52.9 Å². The smallest absolute Gasteiger partial charge is 0.328 e. The first kappa shape index (κ1) is 10.9. The van der Waals surface area contributed by atoms with Crippen molar-refractivity contribution in [2.75, 3.05) is 14.1 Å². The van der Waals surface area contributed by atoms with Crippen LogP contribution in [0.2, 0.25) is 0 Å². The molecule has 0 aromatic carbocycles. The van der Waals surface area contributed by atoms with E-state index in [2.05, 4.69) is 4.99 Å². The SMILES string of the molecule is CC(C)C(N=CN(C)C)C(=O)O. The second-order valence-corrected chi connectivity index (χ2v) is 3.26. The maximum Gasteiger partial charge on any atom is 0.328 e. The summed E-state index contributed by atoms with van der Waals surface area (Å²) in [5.74, 6) is -0.846. The molecule has 4 heteroatoms. The highest BCUT2D eigenvalue weighted by molar-refractivity contribution is 5.76. The van der Waals surface area contributed by atoms with Crippen molar-refractivity contribution in [1.29, 1.82) is 0 Å². The monoisotopic (exact) mass is 172 g/mol. The van der Waals surface area contributed by atoms with Gasteiger partial charge in [-0.1, -0.05) is 13.8 Å². The van der Waals surface area contributed by atoms with Crippen molar-refractivity contribution < 1.29 is 9.90 Å². The molecule has 70 valence electrons. The Bertz CT molecular complexity index is 176. The van der Waals surface area contributed by atoms with Crippen LogP contribution in [0.15, 0.2) is 4.99 Å². The molecule has 0 aliphatic carbocycles. The van der Waals surface area contributed by atoms with Crippen LogP contribution >= 0.6 is 0 Å². The predicted molar refractivity (Wildman–Crippen MR) is 48.4 cm³/mol. The van der Waals surface area contributed by atoms with Gasteiger partial charge in [-0.15, -0.1) is 0 Å². The Balaban J connectivity index is 4.24. The first-order chi connectivity index (χ1) is 5.45. The molecule has 0 aliphatic heterocycles. The lowest BCUT2D eigenvalue weighted by Crippen LogP contribution is -2.25. The molecular formula is C8H16N2O2. The number of aliphatic imine (C=N–C) groups is 1. The fourth-order valence-electron chi connectivity index (χ4n) is 0.726. The van der Waals surface area contributed by atoms with Gasteiger partial charge in [-0.2, -0.15) is 0 Å². The molecule has 0 bridgehead atoms. The molecule has 0 fully saturated rings. The minimum absolute atomic E-state index is 0.0266. The Hall–Kier alpha value is -1.06. The Kier molecular flexibility index (Phi) is 4.33. The largest absolute Gasteiger partial charge is 0.480 e. The average Bonchev–Trinajstić information content (AvgIpc) is 1.84. The molecule has 1 atom stereocenters. The molecule has 4 nitrogen and oxygen atoms in total. The van der Waals surface area contributed by atoms with Crippen LogP contribution in [-0.4, -0.2) is 42.5 Å². The number of carboxylic acids is 1. The summed E-state index contributed by atoms with van der Waals surface area (Å²) in [6.07, 6.45) is 1.53. The molecular weight excluding hydrogens is 156 g/mol. The zero-order valence-corrected chi connectivity index (χ0v) is 7.98. The molecule has 0 aliphatic rings. The van der Waals surface area contributed by atoms with E-state index in [1.54, 1.807) is 4.90 Å². The second-order valence-electron chi connectivity index (χ2n) is 3.26. The van der Waals surface area contributed by atoms with Crippen molar-refractivity contribution in [2.45, 2.75) is 19.9 Å². The summed E-state index contributed by atoms with van der Waals surface area (Å²) in [4.78, 5) is 16.3. The highest BCUT2D eigenvalue weighted by atomic mass is 16.4. The molecule has 0 radical (unpaired) electrons. The van der Waals surface area contributed by atoms with Gasteiger partial charge in [0.05, 0.1) is 6.34 Å². The van der Waals surface area contributed by atoms with E-state index in [4.69, 9.17) is 5.11 Å². The molecule has 0 saturated carbocycles. The molecule has 0 saturated heterocycles. The lowest BCUT2D eigenvalue weighted by Gasteiger charge is -2.12. The summed E-state index contributed by atoms with van der Waals surface area (Å²) in [5, 5.41) is 8.72. The first-order valence-corrected chi connectivity index (χ1v) is 3.87. The molecule has 1 N–H and O–H groups in total. The lowest BCUT2D eigenvalue weighted by molar-refractivity contribution is -0.139. The molecule has 0 aromatic rings. The molecule has 0 rings (SSSR count). The van der Waals surface area contributed by atoms with Gasteiger partial charge in [-0.05, 0) is 5.92 Å². The summed E-state index contributed by atoms with van der Waals surface area (Å²) in [5.41, 5.74) is 0. The standard InChI is InChI=1S/C8H16N2O2/c1-6(2)7(8(11)12)9-5-10(3)4/h5-7H,1-4H3,(H,11,12). The molecule has 0 heterocycles. The van der Waals surface area contributed by atoms with Crippen LogP contribution in [0, 0.1) is 5.92 Å². The van der Waals surface area contributed by atoms with E-state index in [9.17, 15) is 4.79 Å². The van der Waals surface area contributed by atoms with E-state index in [-0.39, 0.29) is 5.92 Å². The van der Waals surface area contributed by atoms with Crippen molar-refractivity contribution in [1.82, 2.24) is 4.90 Å². The Labute approximate surface area is 72.9 Å². The van der Waals surface area contributed by atoms with Gasteiger partial charge in [0.1, 0.15) is 0 Å². The van der Waals surface area contributed by atoms with Gasteiger partial charge in [-0.3, -0.25) is 4.99 Å². The van der Waals surface area contributed by atoms with Crippen molar-refractivity contribution in [3.05, 3.63) is 0 Å². The van der Waals surface area contributed by atoms with E-state index >= 15 is 0 Å². The maximum atomic E-state index is 10.6. The van der Waals surface area contributed by atoms with Crippen LogP contribution in [0.3, 0.4) is 0 Å². The van der Waals surface area contributed by atoms with Crippen LogP contribution in [0.1, 0.15) is 13.8 Å². The summed E-state index contributed by atoms with van der Waals surface area (Å²) < 4.78 is 0. The van der Waals surface area contributed by atoms with Gasteiger partial charge in [-0.25, -0.2) is 4.79 Å². The van der Waals surface area contributed by atoms with Crippen LogP contribution in [0.5, 0.6) is 0 Å². The van der Waals surface area contributed by atoms with Crippen LogP contribution in [0.4, 0.5) is 0 Å².